The second kappa shape index (κ2) is 2.77. The van der Waals surface area contributed by atoms with Gasteiger partial charge in [0.1, 0.15) is 5.82 Å². The predicted molar refractivity (Wildman–Crippen MR) is 50.3 cm³/mol. The number of aryl methyl sites for hydroxylation is 1. The van der Waals surface area contributed by atoms with Crippen LogP contribution in [0.4, 0.5) is 5.82 Å². The highest BCUT2D eigenvalue weighted by molar-refractivity contribution is 5.47. The highest BCUT2D eigenvalue weighted by atomic mass is 15.0. The summed E-state index contributed by atoms with van der Waals surface area (Å²) in [6, 6.07) is 4.26. The number of fused-ring (bicyclic) bond motifs is 1. The molecule has 0 saturated carbocycles. The van der Waals surface area contributed by atoms with E-state index in [0.29, 0.717) is 0 Å². The Morgan fingerprint density at radius 3 is 3.17 bits per heavy atom. The molecule has 1 aromatic heterocycles. The Bertz CT molecular complexity index is 294. The lowest BCUT2D eigenvalue weighted by Gasteiger charge is -2.22. The van der Waals surface area contributed by atoms with Gasteiger partial charge in [-0.1, -0.05) is 13.0 Å². The predicted octanol–water partition coefficient (Wildman–Crippen LogP) is 1.99. The molecule has 1 aliphatic heterocycles. The standard InChI is InChI=1S/C10H14N2/c1-7-5-9-4-3-8(2)12-10(9)11-6-7/h3-4,7H,5-6H2,1-2H3,(H,11,12). The van der Waals surface area contributed by atoms with Crippen molar-refractivity contribution in [3.05, 3.63) is 23.4 Å². The number of anilines is 1. The molecule has 12 heavy (non-hydrogen) atoms. The molecule has 0 aromatic carbocycles. The SMILES string of the molecule is Cc1ccc2c(n1)NCC(C)C2. The minimum Gasteiger partial charge on any atom is -0.370 e. The van der Waals surface area contributed by atoms with Crippen molar-refractivity contribution in [1.29, 1.82) is 0 Å². The first-order valence-corrected chi connectivity index (χ1v) is 4.46. The zero-order chi connectivity index (χ0) is 8.55. The molecule has 0 aliphatic carbocycles. The van der Waals surface area contributed by atoms with E-state index in [-0.39, 0.29) is 0 Å². The number of rotatable bonds is 0. The summed E-state index contributed by atoms with van der Waals surface area (Å²) in [7, 11) is 0. The van der Waals surface area contributed by atoms with Crippen LogP contribution in [0.3, 0.4) is 0 Å². The van der Waals surface area contributed by atoms with E-state index < -0.39 is 0 Å². The second-order valence-corrected chi connectivity index (χ2v) is 3.65. The molecule has 1 unspecified atom stereocenters. The fourth-order valence-corrected chi connectivity index (χ4v) is 1.62. The third-order valence-corrected chi connectivity index (χ3v) is 2.30. The van der Waals surface area contributed by atoms with Crippen molar-refractivity contribution in [2.75, 3.05) is 11.9 Å². The summed E-state index contributed by atoms with van der Waals surface area (Å²) in [6.07, 6.45) is 1.16. The van der Waals surface area contributed by atoms with Gasteiger partial charge in [0.15, 0.2) is 0 Å². The number of nitrogens with zero attached hydrogens (tertiary/aromatic N) is 1. The van der Waals surface area contributed by atoms with Crippen LogP contribution < -0.4 is 5.32 Å². The van der Waals surface area contributed by atoms with E-state index in [1.165, 1.54) is 5.56 Å². The zero-order valence-electron chi connectivity index (χ0n) is 7.59. The first-order chi connectivity index (χ1) is 5.75. The van der Waals surface area contributed by atoms with E-state index in [4.69, 9.17) is 0 Å². The highest BCUT2D eigenvalue weighted by Gasteiger charge is 2.14. The van der Waals surface area contributed by atoms with Gasteiger partial charge in [0.25, 0.3) is 0 Å². The van der Waals surface area contributed by atoms with Crippen molar-refractivity contribution in [1.82, 2.24) is 4.98 Å². The lowest BCUT2D eigenvalue weighted by molar-refractivity contribution is 0.590. The Labute approximate surface area is 73.0 Å². The van der Waals surface area contributed by atoms with Gasteiger partial charge in [-0.15, -0.1) is 0 Å². The lowest BCUT2D eigenvalue weighted by Crippen LogP contribution is -2.21. The second-order valence-electron chi connectivity index (χ2n) is 3.65. The molecule has 2 heteroatoms. The molecule has 0 radical (unpaired) electrons. The van der Waals surface area contributed by atoms with Gasteiger partial charge in [-0.25, -0.2) is 4.98 Å². The van der Waals surface area contributed by atoms with Crippen LogP contribution in [0.15, 0.2) is 12.1 Å². The van der Waals surface area contributed by atoms with Crippen LogP contribution in [0.1, 0.15) is 18.2 Å². The van der Waals surface area contributed by atoms with Crippen LogP contribution in [-0.2, 0) is 6.42 Å². The summed E-state index contributed by atoms with van der Waals surface area (Å²) in [5.41, 5.74) is 2.45. The molecule has 1 aliphatic rings. The molecule has 2 heterocycles. The Hall–Kier alpha value is -1.05. The van der Waals surface area contributed by atoms with Crippen molar-refractivity contribution >= 4 is 5.82 Å². The average Bonchev–Trinajstić information content (AvgIpc) is 2.05. The van der Waals surface area contributed by atoms with E-state index in [9.17, 15) is 0 Å². The van der Waals surface area contributed by atoms with Crippen molar-refractivity contribution in [3.8, 4) is 0 Å². The maximum absolute atomic E-state index is 4.44. The number of pyridine rings is 1. The molecule has 64 valence electrons. The van der Waals surface area contributed by atoms with E-state index in [2.05, 4.69) is 29.4 Å². The maximum atomic E-state index is 4.44. The Morgan fingerprint density at radius 2 is 2.33 bits per heavy atom. The van der Waals surface area contributed by atoms with Crippen molar-refractivity contribution in [2.24, 2.45) is 5.92 Å². The van der Waals surface area contributed by atoms with Crippen molar-refractivity contribution in [3.63, 3.8) is 0 Å². The number of hydrogen-bond donors (Lipinski definition) is 1. The quantitative estimate of drug-likeness (QED) is 0.631. The molecule has 2 nitrogen and oxygen atoms in total. The van der Waals surface area contributed by atoms with E-state index in [1.54, 1.807) is 0 Å². The molecule has 0 spiro atoms. The molecular formula is C10H14N2. The van der Waals surface area contributed by atoms with Crippen LogP contribution in [0.25, 0.3) is 0 Å². The van der Waals surface area contributed by atoms with Gasteiger partial charge in [-0.3, -0.25) is 0 Å². The van der Waals surface area contributed by atoms with Gasteiger partial charge in [-0.05, 0) is 30.9 Å². The summed E-state index contributed by atoms with van der Waals surface area (Å²) in [4.78, 5) is 4.44. The Balaban J connectivity index is 2.37. The van der Waals surface area contributed by atoms with Gasteiger partial charge in [0.05, 0.1) is 0 Å². The molecule has 0 amide bonds. The van der Waals surface area contributed by atoms with Crippen LogP contribution in [0.5, 0.6) is 0 Å². The summed E-state index contributed by atoms with van der Waals surface area (Å²) in [5, 5.41) is 3.34. The van der Waals surface area contributed by atoms with Gasteiger partial charge in [0, 0.05) is 12.2 Å². The van der Waals surface area contributed by atoms with Crippen LogP contribution in [0.2, 0.25) is 0 Å². The molecule has 1 N–H and O–H groups in total. The summed E-state index contributed by atoms with van der Waals surface area (Å²) >= 11 is 0. The van der Waals surface area contributed by atoms with Gasteiger partial charge >= 0.3 is 0 Å². The molecule has 0 fully saturated rings. The Morgan fingerprint density at radius 1 is 1.50 bits per heavy atom. The van der Waals surface area contributed by atoms with Crippen molar-refractivity contribution < 1.29 is 0 Å². The zero-order valence-corrected chi connectivity index (χ0v) is 7.59. The molecule has 2 rings (SSSR count). The molecule has 0 saturated heterocycles. The molecule has 1 aromatic rings. The monoisotopic (exact) mass is 162 g/mol. The average molecular weight is 162 g/mol. The Kier molecular flexibility index (Phi) is 1.75. The minimum absolute atomic E-state index is 0.738. The third kappa shape index (κ3) is 1.29. The number of aromatic nitrogens is 1. The summed E-state index contributed by atoms with van der Waals surface area (Å²) in [6.45, 7) is 5.35. The maximum Gasteiger partial charge on any atom is 0.129 e. The van der Waals surface area contributed by atoms with Gasteiger partial charge in [-0.2, -0.15) is 0 Å². The van der Waals surface area contributed by atoms with E-state index >= 15 is 0 Å². The van der Waals surface area contributed by atoms with Gasteiger partial charge < -0.3 is 5.32 Å². The molecule has 1 atom stereocenters. The number of hydrogen-bond acceptors (Lipinski definition) is 2. The lowest BCUT2D eigenvalue weighted by atomic mass is 9.98. The van der Waals surface area contributed by atoms with Crippen LogP contribution in [0, 0.1) is 12.8 Å². The topological polar surface area (TPSA) is 24.9 Å². The number of nitrogens with one attached hydrogen (secondary N) is 1. The van der Waals surface area contributed by atoms with Gasteiger partial charge in [0.2, 0.25) is 0 Å². The summed E-state index contributed by atoms with van der Waals surface area (Å²) in [5.74, 6) is 1.83. The van der Waals surface area contributed by atoms with Crippen molar-refractivity contribution in [2.45, 2.75) is 20.3 Å². The van der Waals surface area contributed by atoms with Crippen LogP contribution in [-0.4, -0.2) is 11.5 Å². The first-order valence-electron chi connectivity index (χ1n) is 4.46. The van der Waals surface area contributed by atoms with E-state index in [1.807, 2.05) is 6.92 Å². The normalized spacial score (nSPS) is 21.3. The van der Waals surface area contributed by atoms with Crippen LogP contribution >= 0.6 is 0 Å². The van der Waals surface area contributed by atoms with E-state index in [0.717, 1.165) is 30.4 Å². The first kappa shape index (κ1) is 7.59. The fraction of sp³-hybridized carbons (Fsp3) is 0.500. The third-order valence-electron chi connectivity index (χ3n) is 2.30. The fourth-order valence-electron chi connectivity index (χ4n) is 1.62. The molecular weight excluding hydrogens is 148 g/mol. The highest BCUT2D eigenvalue weighted by Crippen LogP contribution is 2.22. The molecule has 0 bridgehead atoms. The largest absolute Gasteiger partial charge is 0.370 e. The smallest absolute Gasteiger partial charge is 0.129 e. The summed E-state index contributed by atoms with van der Waals surface area (Å²) < 4.78 is 0. The minimum atomic E-state index is 0.738.